The Morgan fingerprint density at radius 3 is 2.81 bits per heavy atom. The first-order valence-electron chi connectivity index (χ1n) is 10.8. The number of nitrogens with zero attached hydrogens (tertiary/aromatic N) is 2. The molecular weight excluding hydrogens is 438 g/mol. The predicted octanol–water partition coefficient (Wildman–Crippen LogP) is -0.0311. The number of carbonyl (C=O) groups is 3. The summed E-state index contributed by atoms with van der Waals surface area (Å²) in [6.07, 6.45) is 0.336. The van der Waals surface area contributed by atoms with Gasteiger partial charge in [0.25, 0.3) is 0 Å². The molecule has 3 fully saturated rings. The van der Waals surface area contributed by atoms with Crippen molar-refractivity contribution in [3.63, 3.8) is 0 Å². The second-order valence-corrected chi connectivity index (χ2v) is 10.2. The van der Waals surface area contributed by atoms with Crippen LogP contribution in [0.5, 0.6) is 0 Å². The molecule has 3 saturated heterocycles. The van der Waals surface area contributed by atoms with Gasteiger partial charge in [0.05, 0.1) is 35.3 Å². The zero-order valence-corrected chi connectivity index (χ0v) is 18.8. The molecule has 2 amide bonds. The quantitative estimate of drug-likeness (QED) is 0.150. The maximum Gasteiger partial charge on any atom is 0.512 e. The molecule has 0 bridgehead atoms. The van der Waals surface area contributed by atoms with Crippen molar-refractivity contribution < 1.29 is 29.3 Å². The van der Waals surface area contributed by atoms with Gasteiger partial charge in [0.15, 0.2) is 0 Å². The number of aliphatic hydroxyl groups excluding tert-OH is 1. The molecule has 0 aromatic heterocycles. The van der Waals surface area contributed by atoms with Gasteiger partial charge in [-0.05, 0) is 19.8 Å². The van der Waals surface area contributed by atoms with Gasteiger partial charge in [0.2, 0.25) is 17.7 Å². The highest BCUT2D eigenvalue weighted by atomic mass is 32.2. The molecule has 0 radical (unpaired) electrons. The molecule has 11 nitrogen and oxygen atoms in total. The van der Waals surface area contributed by atoms with Crippen LogP contribution in [0.25, 0.3) is 0 Å². The number of β-lactam (4-membered cyclic amide) rings is 1. The predicted molar refractivity (Wildman–Crippen MR) is 116 cm³/mol. The average Bonchev–Trinajstić information content (AvgIpc) is 3.41. The lowest BCUT2D eigenvalue weighted by Crippen LogP contribution is -2.63. The van der Waals surface area contributed by atoms with Crippen LogP contribution in [-0.2, 0) is 14.3 Å². The molecule has 32 heavy (non-hydrogen) atoms. The summed E-state index contributed by atoms with van der Waals surface area (Å²) in [6.45, 7) is 5.42. The third-order valence-electron chi connectivity index (χ3n) is 6.70. The maximum absolute atomic E-state index is 12.7. The van der Waals surface area contributed by atoms with E-state index < -0.39 is 18.2 Å². The van der Waals surface area contributed by atoms with Crippen LogP contribution in [0, 0.1) is 17.2 Å². The number of carbonyl (C=O) groups excluding carboxylic acids is 2. The molecule has 4 rings (SSSR count). The number of fused-ring (bicyclic) bond motifs is 1. The fourth-order valence-electron chi connectivity index (χ4n) is 5.10. The van der Waals surface area contributed by atoms with Crippen LogP contribution < -0.4 is 10.6 Å². The van der Waals surface area contributed by atoms with Crippen LogP contribution in [0.1, 0.15) is 26.7 Å². The molecule has 7 atom stereocenters. The minimum atomic E-state index is -1.49. The van der Waals surface area contributed by atoms with E-state index in [9.17, 15) is 24.6 Å². The van der Waals surface area contributed by atoms with Crippen LogP contribution >= 0.6 is 11.8 Å². The third-order valence-corrected chi connectivity index (χ3v) is 8.19. The number of aliphatic hydroxyl groups is 1. The third kappa shape index (κ3) is 4.06. The summed E-state index contributed by atoms with van der Waals surface area (Å²) in [5.41, 5.74) is 0. The van der Waals surface area contributed by atoms with E-state index >= 15 is 0 Å². The fourth-order valence-corrected chi connectivity index (χ4v) is 6.52. The van der Waals surface area contributed by atoms with Gasteiger partial charge >= 0.3 is 6.16 Å². The molecule has 4 aliphatic heterocycles. The van der Waals surface area contributed by atoms with Crippen molar-refractivity contribution >= 4 is 36.1 Å². The van der Waals surface area contributed by atoms with Crippen molar-refractivity contribution in [1.29, 1.82) is 5.41 Å². The highest BCUT2D eigenvalue weighted by molar-refractivity contribution is 8.03. The fraction of sp³-hybridized carbons (Fsp3) is 0.700. The standard InChI is InChI=1S/C20H29N5O6S/c1-9-15-14(10(2)26)18(28)25(15)19(31-20(29)30)16(9)32-12-5-13(22-6-12)17(27)23-11-3-4-24(7-11)8-21/h8-15,21-22,26H,3-7H2,1-2H3,(H,23,27)(H,29,30)/t9?,10?,11?,12?,13?,14?,15-/m0/s1. The Morgan fingerprint density at radius 2 is 2.19 bits per heavy atom. The number of amides is 2. The van der Waals surface area contributed by atoms with Crippen molar-refractivity contribution in [3.05, 3.63) is 10.8 Å². The average molecular weight is 468 g/mol. The Bertz CT molecular complexity index is 850. The van der Waals surface area contributed by atoms with Gasteiger partial charge in [-0.2, -0.15) is 0 Å². The summed E-state index contributed by atoms with van der Waals surface area (Å²) in [5.74, 6) is -1.13. The van der Waals surface area contributed by atoms with Gasteiger partial charge in [-0.25, -0.2) is 4.79 Å². The first-order valence-corrected chi connectivity index (χ1v) is 11.7. The maximum atomic E-state index is 12.7. The van der Waals surface area contributed by atoms with Crippen LogP contribution in [0.3, 0.4) is 0 Å². The molecular formula is C20H29N5O6S. The Balaban J connectivity index is 1.40. The molecule has 6 unspecified atom stereocenters. The monoisotopic (exact) mass is 467 g/mol. The SMILES string of the molecule is CC(O)C1C(=O)N2C(OC(=O)O)=C(SC3CNC(C(=O)NC4CCN(C=N)C4)C3)C(C)[C@@H]12. The minimum Gasteiger partial charge on any atom is -0.449 e. The van der Waals surface area contributed by atoms with Crippen molar-refractivity contribution in [2.24, 2.45) is 11.8 Å². The van der Waals surface area contributed by atoms with Crippen molar-refractivity contribution in [2.75, 3.05) is 19.6 Å². The number of nitrogens with one attached hydrogen (secondary N) is 3. The highest BCUT2D eigenvalue weighted by Gasteiger charge is 2.60. The summed E-state index contributed by atoms with van der Waals surface area (Å²) in [5, 5.41) is 32.8. The second-order valence-electron chi connectivity index (χ2n) is 8.85. The largest absolute Gasteiger partial charge is 0.512 e. The number of thioether (sulfide) groups is 1. The molecule has 0 aromatic carbocycles. The number of likely N-dealkylation sites (tertiary alicyclic amines) is 1. The molecule has 4 aliphatic rings. The highest BCUT2D eigenvalue weighted by Crippen LogP contribution is 2.52. The number of ether oxygens (including phenoxy) is 1. The lowest BCUT2D eigenvalue weighted by atomic mass is 9.79. The van der Waals surface area contributed by atoms with Gasteiger partial charge in [-0.3, -0.25) is 19.9 Å². The van der Waals surface area contributed by atoms with E-state index in [1.807, 2.05) is 11.8 Å². The summed E-state index contributed by atoms with van der Waals surface area (Å²) in [6, 6.07) is -0.656. The van der Waals surface area contributed by atoms with Crippen LogP contribution in [-0.4, -0.2) is 93.4 Å². The van der Waals surface area contributed by atoms with Crippen LogP contribution in [0.2, 0.25) is 0 Å². The normalized spacial score (nSPS) is 34.9. The number of rotatable bonds is 7. The number of carboxylic acid groups (broad SMARTS) is 1. The van der Waals surface area contributed by atoms with E-state index in [1.54, 1.807) is 6.92 Å². The Morgan fingerprint density at radius 1 is 1.44 bits per heavy atom. The van der Waals surface area contributed by atoms with Crippen molar-refractivity contribution in [1.82, 2.24) is 20.4 Å². The number of hydrogen-bond donors (Lipinski definition) is 5. The van der Waals surface area contributed by atoms with E-state index in [4.69, 9.17) is 10.1 Å². The van der Waals surface area contributed by atoms with E-state index in [-0.39, 0.29) is 47.0 Å². The number of hydrogen-bond acceptors (Lipinski definition) is 8. The zero-order chi connectivity index (χ0) is 23.2. The van der Waals surface area contributed by atoms with Crippen molar-refractivity contribution in [3.8, 4) is 0 Å². The van der Waals surface area contributed by atoms with Gasteiger partial charge in [-0.1, -0.05) is 6.92 Å². The molecule has 0 aliphatic carbocycles. The first-order chi connectivity index (χ1) is 15.2. The first kappa shape index (κ1) is 22.9. The van der Waals surface area contributed by atoms with E-state index in [0.717, 1.165) is 13.0 Å². The van der Waals surface area contributed by atoms with E-state index in [0.29, 0.717) is 24.4 Å². The zero-order valence-electron chi connectivity index (χ0n) is 18.0. The minimum absolute atomic E-state index is 0.0102. The molecule has 0 saturated carbocycles. The molecule has 4 heterocycles. The second kappa shape index (κ2) is 8.91. The van der Waals surface area contributed by atoms with Crippen molar-refractivity contribution in [2.45, 2.75) is 56.2 Å². The van der Waals surface area contributed by atoms with Gasteiger partial charge in [0.1, 0.15) is 0 Å². The Kier molecular flexibility index (Phi) is 6.37. The lowest BCUT2D eigenvalue weighted by Gasteiger charge is -2.45. The summed E-state index contributed by atoms with van der Waals surface area (Å²) in [7, 11) is 0. The Hall–Kier alpha value is -2.31. The summed E-state index contributed by atoms with van der Waals surface area (Å²) in [4.78, 5) is 40.3. The van der Waals surface area contributed by atoms with Gasteiger partial charge < -0.3 is 30.5 Å². The lowest BCUT2D eigenvalue weighted by molar-refractivity contribution is -0.163. The van der Waals surface area contributed by atoms with Gasteiger partial charge in [-0.15, -0.1) is 11.8 Å². The molecule has 5 N–H and O–H groups in total. The molecule has 0 aromatic rings. The van der Waals surface area contributed by atoms with Crippen LogP contribution in [0.4, 0.5) is 4.79 Å². The summed E-state index contributed by atoms with van der Waals surface area (Å²) < 4.78 is 5.00. The van der Waals surface area contributed by atoms with Gasteiger partial charge in [0, 0.05) is 36.8 Å². The van der Waals surface area contributed by atoms with E-state index in [1.165, 1.54) is 23.0 Å². The topological polar surface area (TPSA) is 155 Å². The smallest absolute Gasteiger partial charge is 0.449 e. The Labute approximate surface area is 190 Å². The summed E-state index contributed by atoms with van der Waals surface area (Å²) >= 11 is 1.44. The van der Waals surface area contributed by atoms with E-state index in [2.05, 4.69) is 10.6 Å². The van der Waals surface area contributed by atoms with Crippen LogP contribution in [0.15, 0.2) is 10.8 Å². The molecule has 0 spiro atoms. The molecule has 176 valence electrons. The molecule has 12 heteroatoms.